The van der Waals surface area contributed by atoms with Gasteiger partial charge in [-0.25, -0.2) is 4.98 Å². The molecule has 1 atom stereocenters. The van der Waals surface area contributed by atoms with Crippen molar-refractivity contribution in [2.45, 2.75) is 38.3 Å². The zero-order valence-electron chi connectivity index (χ0n) is 13.1. The summed E-state index contributed by atoms with van der Waals surface area (Å²) in [5, 5.41) is 4.53. The number of para-hydroxylation sites is 1. The number of benzene rings is 1. The highest BCUT2D eigenvalue weighted by Gasteiger charge is 2.21. The van der Waals surface area contributed by atoms with Crippen molar-refractivity contribution in [1.29, 1.82) is 0 Å². The lowest BCUT2D eigenvalue weighted by Gasteiger charge is -2.26. The maximum absolute atomic E-state index is 5.51. The summed E-state index contributed by atoms with van der Waals surface area (Å²) in [6.45, 7) is 4.23. The number of hydrogen-bond acceptors (Lipinski definition) is 3. The van der Waals surface area contributed by atoms with Gasteiger partial charge in [0.2, 0.25) is 0 Å². The molecule has 0 fully saturated rings. The van der Waals surface area contributed by atoms with Crippen LogP contribution in [0.3, 0.4) is 0 Å². The van der Waals surface area contributed by atoms with Gasteiger partial charge in [-0.05, 0) is 61.8 Å². The molecule has 0 aliphatic rings. The van der Waals surface area contributed by atoms with Crippen molar-refractivity contribution in [3.8, 4) is 0 Å². The fraction of sp³-hybridized carbons (Fsp3) is 0.471. The first-order valence-electron chi connectivity index (χ1n) is 7.24. The zero-order chi connectivity index (χ0) is 15.5. The highest BCUT2D eigenvalue weighted by molar-refractivity contribution is 9.10. The van der Waals surface area contributed by atoms with Crippen LogP contribution in [-0.4, -0.2) is 24.7 Å². The van der Waals surface area contributed by atoms with Gasteiger partial charge in [-0.15, -0.1) is 0 Å². The van der Waals surface area contributed by atoms with Crippen molar-refractivity contribution in [2.24, 2.45) is 0 Å². The molecule has 21 heavy (non-hydrogen) atoms. The van der Waals surface area contributed by atoms with Crippen LogP contribution in [0.2, 0.25) is 0 Å². The Hall–Kier alpha value is -0.970. The molecular formula is C17H23BrN2O. The molecule has 1 unspecified atom stereocenters. The molecular weight excluding hydrogens is 328 g/mol. The monoisotopic (exact) mass is 350 g/mol. The minimum Gasteiger partial charge on any atom is -0.379 e. The second-order valence-electron chi connectivity index (χ2n) is 5.89. The predicted octanol–water partition coefficient (Wildman–Crippen LogP) is 4.46. The first kappa shape index (κ1) is 16.4. The molecule has 0 saturated carbocycles. The van der Waals surface area contributed by atoms with E-state index in [4.69, 9.17) is 9.72 Å². The highest BCUT2D eigenvalue weighted by atomic mass is 79.9. The molecule has 0 aliphatic heterocycles. The summed E-state index contributed by atoms with van der Waals surface area (Å²) in [5.41, 5.74) is 1.98. The first-order chi connectivity index (χ1) is 9.96. The Morgan fingerprint density at radius 3 is 2.71 bits per heavy atom. The smallest absolute Gasteiger partial charge is 0.0722 e. The Bertz CT molecular complexity index is 613. The maximum Gasteiger partial charge on any atom is 0.0722 e. The standard InChI is InChI=1S/C17H23BrN2O/c1-17(2,21-4)10-9-15(19-3)16-13(18)11-12-7-5-6-8-14(12)20-16/h5-8,11,15,19H,9-10H2,1-4H3. The fourth-order valence-electron chi connectivity index (χ4n) is 2.36. The Morgan fingerprint density at radius 1 is 1.33 bits per heavy atom. The molecule has 1 aromatic carbocycles. The van der Waals surface area contributed by atoms with Gasteiger partial charge in [0.05, 0.1) is 22.9 Å². The van der Waals surface area contributed by atoms with Crippen LogP contribution in [0.4, 0.5) is 0 Å². The number of hydrogen-bond donors (Lipinski definition) is 1. The predicted molar refractivity (Wildman–Crippen MR) is 91.6 cm³/mol. The normalized spacial score (nSPS) is 13.6. The molecule has 0 aliphatic carbocycles. The molecule has 1 aromatic heterocycles. The van der Waals surface area contributed by atoms with E-state index >= 15 is 0 Å². The molecule has 0 saturated heterocycles. The van der Waals surface area contributed by atoms with E-state index in [0.29, 0.717) is 0 Å². The molecule has 4 heteroatoms. The Kier molecular flexibility index (Phi) is 5.36. The van der Waals surface area contributed by atoms with Crippen LogP contribution in [0.1, 0.15) is 38.4 Å². The number of rotatable bonds is 6. The van der Waals surface area contributed by atoms with E-state index < -0.39 is 0 Å². The third-order valence-electron chi connectivity index (χ3n) is 3.97. The summed E-state index contributed by atoms with van der Waals surface area (Å²) in [7, 11) is 3.74. The third kappa shape index (κ3) is 4.02. The molecule has 1 N–H and O–H groups in total. The summed E-state index contributed by atoms with van der Waals surface area (Å²) in [5.74, 6) is 0. The van der Waals surface area contributed by atoms with Gasteiger partial charge in [0, 0.05) is 17.0 Å². The van der Waals surface area contributed by atoms with Gasteiger partial charge >= 0.3 is 0 Å². The SMILES string of the molecule is CNC(CCC(C)(C)OC)c1nc2ccccc2cc1Br. The van der Waals surface area contributed by atoms with Crippen molar-refractivity contribution in [2.75, 3.05) is 14.2 Å². The van der Waals surface area contributed by atoms with Gasteiger partial charge < -0.3 is 10.1 Å². The molecule has 0 bridgehead atoms. The van der Waals surface area contributed by atoms with Crippen LogP contribution in [0.5, 0.6) is 0 Å². The topological polar surface area (TPSA) is 34.1 Å². The largest absolute Gasteiger partial charge is 0.379 e. The Morgan fingerprint density at radius 2 is 2.05 bits per heavy atom. The summed E-state index contributed by atoms with van der Waals surface area (Å²) in [6.07, 6.45) is 1.94. The number of nitrogens with one attached hydrogen (secondary N) is 1. The van der Waals surface area contributed by atoms with Crippen LogP contribution in [-0.2, 0) is 4.74 Å². The van der Waals surface area contributed by atoms with Gasteiger partial charge in [-0.1, -0.05) is 18.2 Å². The number of pyridine rings is 1. The third-order valence-corrected chi connectivity index (χ3v) is 4.61. The lowest BCUT2D eigenvalue weighted by atomic mass is 9.97. The van der Waals surface area contributed by atoms with Crippen molar-refractivity contribution < 1.29 is 4.74 Å². The second-order valence-corrected chi connectivity index (χ2v) is 6.75. The van der Waals surface area contributed by atoms with Crippen LogP contribution in [0.25, 0.3) is 10.9 Å². The number of ether oxygens (including phenoxy) is 1. The molecule has 0 amide bonds. The van der Waals surface area contributed by atoms with Crippen LogP contribution < -0.4 is 5.32 Å². The number of halogens is 1. The first-order valence-corrected chi connectivity index (χ1v) is 8.04. The summed E-state index contributed by atoms with van der Waals surface area (Å²) in [4.78, 5) is 4.82. The maximum atomic E-state index is 5.51. The van der Waals surface area contributed by atoms with Crippen molar-refractivity contribution >= 4 is 26.8 Å². The number of aromatic nitrogens is 1. The lowest BCUT2D eigenvalue weighted by molar-refractivity contribution is 0.0117. The zero-order valence-corrected chi connectivity index (χ0v) is 14.7. The average molecular weight is 351 g/mol. The van der Waals surface area contributed by atoms with Crippen LogP contribution >= 0.6 is 15.9 Å². The number of fused-ring (bicyclic) bond motifs is 1. The quantitative estimate of drug-likeness (QED) is 0.834. The van der Waals surface area contributed by atoms with E-state index in [1.807, 2.05) is 19.2 Å². The second kappa shape index (κ2) is 6.86. The van der Waals surface area contributed by atoms with Gasteiger partial charge in [0.25, 0.3) is 0 Å². The number of nitrogens with zero attached hydrogens (tertiary/aromatic N) is 1. The molecule has 0 radical (unpaired) electrons. The van der Waals surface area contributed by atoms with Gasteiger partial charge in [0.15, 0.2) is 0 Å². The van der Waals surface area contributed by atoms with Gasteiger partial charge in [-0.3, -0.25) is 0 Å². The fourth-order valence-corrected chi connectivity index (χ4v) is 2.97. The minimum absolute atomic E-state index is 0.113. The van der Waals surface area contributed by atoms with E-state index in [0.717, 1.165) is 33.9 Å². The van der Waals surface area contributed by atoms with Crippen molar-refractivity contribution in [1.82, 2.24) is 10.3 Å². The Balaban J connectivity index is 2.27. The molecule has 3 nitrogen and oxygen atoms in total. The number of methoxy groups -OCH3 is 1. The van der Waals surface area contributed by atoms with E-state index in [1.165, 1.54) is 0 Å². The Labute approximate surface area is 135 Å². The van der Waals surface area contributed by atoms with E-state index in [1.54, 1.807) is 7.11 Å². The van der Waals surface area contributed by atoms with Crippen molar-refractivity contribution in [3.05, 3.63) is 40.5 Å². The average Bonchev–Trinajstić information content (AvgIpc) is 2.48. The molecule has 0 spiro atoms. The lowest BCUT2D eigenvalue weighted by Crippen LogP contribution is -2.26. The summed E-state index contributed by atoms with van der Waals surface area (Å²) < 4.78 is 6.56. The van der Waals surface area contributed by atoms with Gasteiger partial charge in [0.1, 0.15) is 0 Å². The highest BCUT2D eigenvalue weighted by Crippen LogP contribution is 2.30. The van der Waals surface area contributed by atoms with Crippen molar-refractivity contribution in [3.63, 3.8) is 0 Å². The minimum atomic E-state index is -0.113. The van der Waals surface area contributed by atoms with Crippen LogP contribution in [0.15, 0.2) is 34.8 Å². The molecule has 114 valence electrons. The molecule has 2 rings (SSSR count). The van der Waals surface area contributed by atoms with E-state index in [2.05, 4.69) is 53.3 Å². The summed E-state index contributed by atoms with van der Waals surface area (Å²) in [6, 6.07) is 10.5. The van der Waals surface area contributed by atoms with E-state index in [9.17, 15) is 0 Å². The van der Waals surface area contributed by atoms with Gasteiger partial charge in [-0.2, -0.15) is 0 Å². The summed E-state index contributed by atoms with van der Waals surface area (Å²) >= 11 is 3.66. The molecule has 1 heterocycles. The molecule has 2 aromatic rings. The van der Waals surface area contributed by atoms with Crippen LogP contribution in [0, 0.1) is 0 Å². The van der Waals surface area contributed by atoms with E-state index in [-0.39, 0.29) is 11.6 Å².